The molecule has 1 aromatic heterocycles. The van der Waals surface area contributed by atoms with Gasteiger partial charge in [0, 0.05) is 17.3 Å². The van der Waals surface area contributed by atoms with Crippen LogP contribution in [0.3, 0.4) is 0 Å². The van der Waals surface area contributed by atoms with Crippen LogP contribution in [-0.4, -0.2) is 26.4 Å². The smallest absolute Gasteiger partial charge is 0.475 e. The second-order valence-corrected chi connectivity index (χ2v) is 9.20. The van der Waals surface area contributed by atoms with Crippen molar-refractivity contribution in [1.29, 1.82) is 0 Å². The Labute approximate surface area is 239 Å². The molecule has 0 unspecified atom stereocenters. The Morgan fingerprint density at radius 3 is 1.95 bits per heavy atom. The van der Waals surface area contributed by atoms with Gasteiger partial charge in [-0.2, -0.15) is 26.3 Å². The topological polar surface area (TPSA) is 107 Å². The maximum absolute atomic E-state index is 14.8. The molecule has 0 bridgehead atoms. The van der Waals surface area contributed by atoms with Gasteiger partial charge in [0.1, 0.15) is 5.82 Å². The van der Waals surface area contributed by atoms with Crippen LogP contribution >= 0.6 is 0 Å². The van der Waals surface area contributed by atoms with Gasteiger partial charge in [-0.3, -0.25) is 13.9 Å². The predicted octanol–water partition coefficient (Wildman–Crippen LogP) is 5.52. The largest absolute Gasteiger partial charge is 0.490 e. The first kappa shape index (κ1) is 32.8. The first-order valence-electron chi connectivity index (χ1n) is 12.4. The molecule has 0 amide bonds. The molecule has 43 heavy (non-hydrogen) atoms. The van der Waals surface area contributed by atoms with E-state index in [1.807, 2.05) is 0 Å². The number of carboxylic acids is 1. The summed E-state index contributed by atoms with van der Waals surface area (Å²) < 4.78 is 89.4. The zero-order valence-electron chi connectivity index (χ0n) is 22.3. The molecule has 3 aromatic carbocycles. The fourth-order valence-electron chi connectivity index (χ4n) is 4.23. The minimum absolute atomic E-state index is 0.0524. The first-order valence-corrected chi connectivity index (χ1v) is 12.4. The third kappa shape index (κ3) is 7.77. The molecule has 3 N–H and O–H groups in total. The molecule has 4 aromatic rings. The van der Waals surface area contributed by atoms with Crippen molar-refractivity contribution >= 4 is 5.97 Å². The van der Waals surface area contributed by atoms with E-state index in [0.29, 0.717) is 5.56 Å². The van der Waals surface area contributed by atoms with Gasteiger partial charge in [0.15, 0.2) is 0 Å². The molecule has 1 heterocycles. The second kappa shape index (κ2) is 13.1. The molecular weight excluding hydrogens is 587 g/mol. The van der Waals surface area contributed by atoms with Gasteiger partial charge in [-0.1, -0.05) is 66.7 Å². The van der Waals surface area contributed by atoms with Gasteiger partial charge in [-0.15, -0.1) is 0 Å². The third-order valence-electron chi connectivity index (χ3n) is 6.33. The third-order valence-corrected chi connectivity index (χ3v) is 6.33. The molecule has 0 spiro atoms. The van der Waals surface area contributed by atoms with Crippen molar-refractivity contribution in [2.45, 2.75) is 38.4 Å². The number of carbonyl (C=O) groups is 1. The summed E-state index contributed by atoms with van der Waals surface area (Å²) in [5, 5.41) is 7.12. The highest BCUT2D eigenvalue weighted by Gasteiger charge is 2.38. The standard InChI is InChI=1S/C27H23F4N3O2.C2HF3O2/c1-17-24(20-12-6-8-14-22(20)28)25(35)34(16-23(32)18-9-3-2-4-10-18)26(36)33(17)15-19-11-5-7-13-21(19)27(29,30)31;3-2(4,5)1(6)7/h2-14,23H,15-16,32H2,1H3;(H,6,7)/t23-;/m0./s1. The lowest BCUT2D eigenvalue weighted by molar-refractivity contribution is -0.192. The molecule has 0 saturated carbocycles. The van der Waals surface area contributed by atoms with E-state index in [9.17, 15) is 40.3 Å². The zero-order chi connectivity index (χ0) is 32.1. The predicted molar refractivity (Wildman–Crippen MR) is 143 cm³/mol. The fourth-order valence-corrected chi connectivity index (χ4v) is 4.23. The normalized spacial score (nSPS) is 12.3. The number of hydrogen-bond acceptors (Lipinski definition) is 4. The van der Waals surface area contributed by atoms with Crippen molar-refractivity contribution in [1.82, 2.24) is 9.13 Å². The van der Waals surface area contributed by atoms with E-state index in [4.69, 9.17) is 15.6 Å². The van der Waals surface area contributed by atoms with Crippen LogP contribution in [0.25, 0.3) is 11.1 Å². The van der Waals surface area contributed by atoms with Crippen LogP contribution in [0.4, 0.5) is 30.7 Å². The highest BCUT2D eigenvalue weighted by Crippen LogP contribution is 2.32. The lowest BCUT2D eigenvalue weighted by Crippen LogP contribution is -2.44. The van der Waals surface area contributed by atoms with E-state index >= 15 is 0 Å². The van der Waals surface area contributed by atoms with Gasteiger partial charge in [0.25, 0.3) is 5.56 Å². The van der Waals surface area contributed by atoms with Gasteiger partial charge in [0.05, 0.1) is 24.2 Å². The second-order valence-electron chi connectivity index (χ2n) is 9.20. The van der Waals surface area contributed by atoms with Gasteiger partial charge < -0.3 is 10.8 Å². The van der Waals surface area contributed by atoms with Gasteiger partial charge in [-0.05, 0) is 30.2 Å². The Morgan fingerprint density at radius 2 is 1.40 bits per heavy atom. The number of nitrogens with two attached hydrogens (primary N) is 1. The molecule has 0 saturated heterocycles. The van der Waals surface area contributed by atoms with Crippen molar-refractivity contribution in [2.75, 3.05) is 0 Å². The summed E-state index contributed by atoms with van der Waals surface area (Å²) in [6.45, 7) is 0.704. The molecule has 228 valence electrons. The Kier molecular flexibility index (Phi) is 9.96. The maximum atomic E-state index is 14.8. The summed E-state index contributed by atoms with van der Waals surface area (Å²) in [6.07, 6.45) is -9.73. The monoisotopic (exact) mass is 611 g/mol. The molecule has 1 atom stereocenters. The molecule has 4 rings (SSSR count). The van der Waals surface area contributed by atoms with E-state index in [2.05, 4.69) is 0 Å². The molecule has 0 radical (unpaired) electrons. The molecule has 0 aliphatic carbocycles. The number of aliphatic carboxylic acids is 1. The summed E-state index contributed by atoms with van der Waals surface area (Å²) in [6, 6.07) is 18.4. The average Bonchev–Trinajstić information content (AvgIpc) is 2.94. The summed E-state index contributed by atoms with van der Waals surface area (Å²) >= 11 is 0. The Morgan fingerprint density at radius 1 is 0.860 bits per heavy atom. The average molecular weight is 612 g/mol. The Balaban J connectivity index is 0.000000646. The van der Waals surface area contributed by atoms with Crippen LogP contribution in [0.1, 0.15) is 28.4 Å². The number of halogens is 7. The maximum Gasteiger partial charge on any atom is 0.490 e. The number of hydrogen-bond donors (Lipinski definition) is 2. The zero-order valence-corrected chi connectivity index (χ0v) is 22.3. The van der Waals surface area contributed by atoms with Crippen molar-refractivity contribution in [3.63, 3.8) is 0 Å². The lowest BCUT2D eigenvalue weighted by atomic mass is 10.0. The van der Waals surface area contributed by atoms with Crippen LogP contribution in [-0.2, 0) is 24.1 Å². The molecule has 14 heteroatoms. The number of nitrogens with zero attached hydrogens (tertiary/aromatic N) is 2. The van der Waals surface area contributed by atoms with Gasteiger partial charge in [0.2, 0.25) is 0 Å². The van der Waals surface area contributed by atoms with Crippen molar-refractivity contribution < 1.29 is 40.6 Å². The molecule has 0 fully saturated rings. The number of rotatable bonds is 6. The molecule has 7 nitrogen and oxygen atoms in total. The number of alkyl halides is 6. The van der Waals surface area contributed by atoms with Crippen molar-refractivity contribution in [2.24, 2.45) is 5.73 Å². The van der Waals surface area contributed by atoms with Gasteiger partial charge >= 0.3 is 24.0 Å². The van der Waals surface area contributed by atoms with E-state index in [-0.39, 0.29) is 28.9 Å². The summed E-state index contributed by atoms with van der Waals surface area (Å²) in [7, 11) is 0. The SMILES string of the molecule is Cc1c(-c2ccccc2F)c(=O)n(C[C@H](N)c2ccccc2)c(=O)n1Cc1ccccc1C(F)(F)F.O=C(O)C(F)(F)F. The molecular formula is C29H24F7N3O4. The van der Waals surface area contributed by atoms with E-state index in [0.717, 1.165) is 15.2 Å². The molecule has 0 aliphatic heterocycles. The van der Waals surface area contributed by atoms with Crippen LogP contribution in [0.5, 0.6) is 0 Å². The van der Waals surface area contributed by atoms with Crippen molar-refractivity contribution in [3.05, 3.63) is 128 Å². The van der Waals surface area contributed by atoms with Crippen LogP contribution in [0, 0.1) is 12.7 Å². The summed E-state index contributed by atoms with van der Waals surface area (Å²) in [4.78, 5) is 35.9. The quantitative estimate of drug-likeness (QED) is 0.279. The van der Waals surface area contributed by atoms with Crippen LogP contribution in [0.2, 0.25) is 0 Å². The number of carboxylic acid groups (broad SMARTS) is 1. The Hall–Kier alpha value is -4.72. The van der Waals surface area contributed by atoms with Crippen LogP contribution < -0.4 is 17.0 Å². The minimum atomic E-state index is -5.08. The fraction of sp³-hybridized carbons (Fsp3) is 0.207. The van der Waals surface area contributed by atoms with Gasteiger partial charge in [-0.25, -0.2) is 14.0 Å². The summed E-state index contributed by atoms with van der Waals surface area (Å²) in [5.41, 5.74) is 4.15. The lowest BCUT2D eigenvalue weighted by Gasteiger charge is -2.21. The first-order chi connectivity index (χ1) is 20.0. The minimum Gasteiger partial charge on any atom is -0.475 e. The van der Waals surface area contributed by atoms with E-state index < -0.39 is 53.5 Å². The van der Waals surface area contributed by atoms with E-state index in [1.165, 1.54) is 49.4 Å². The summed E-state index contributed by atoms with van der Waals surface area (Å²) in [5.74, 6) is -3.45. The van der Waals surface area contributed by atoms with Crippen LogP contribution in [0.15, 0.2) is 88.5 Å². The number of aromatic nitrogens is 2. The highest BCUT2D eigenvalue weighted by molar-refractivity contribution is 5.73. The Bertz CT molecular complexity index is 1710. The van der Waals surface area contributed by atoms with Crippen molar-refractivity contribution in [3.8, 4) is 11.1 Å². The highest BCUT2D eigenvalue weighted by atomic mass is 19.4. The van der Waals surface area contributed by atoms with E-state index in [1.54, 1.807) is 30.3 Å². The molecule has 0 aliphatic rings. The number of benzene rings is 3.